The first kappa shape index (κ1) is 19.6. The van der Waals surface area contributed by atoms with Crippen molar-refractivity contribution in [3.8, 4) is 5.75 Å². The monoisotopic (exact) mass is 404 g/mol. The maximum absolute atomic E-state index is 13.5. The fourth-order valence-electron chi connectivity index (χ4n) is 3.73. The minimum absolute atomic E-state index is 0.218. The van der Waals surface area contributed by atoms with Gasteiger partial charge in [0.25, 0.3) is 5.91 Å². The molecule has 0 saturated carbocycles. The molecule has 0 aliphatic carbocycles. The third kappa shape index (κ3) is 3.52. The van der Waals surface area contributed by atoms with Gasteiger partial charge < -0.3 is 15.4 Å². The van der Waals surface area contributed by atoms with Crippen molar-refractivity contribution in [3.05, 3.63) is 70.4 Å². The van der Waals surface area contributed by atoms with Gasteiger partial charge in [0.1, 0.15) is 11.8 Å². The maximum Gasteiger partial charge on any atom is 0.255 e. The van der Waals surface area contributed by atoms with Crippen LogP contribution in [-0.2, 0) is 4.79 Å². The second-order valence-electron chi connectivity index (χ2n) is 7.26. The summed E-state index contributed by atoms with van der Waals surface area (Å²) in [5, 5.41) is 18.2. The van der Waals surface area contributed by atoms with Gasteiger partial charge in [0.2, 0.25) is 5.95 Å². The average Bonchev–Trinajstić information content (AvgIpc) is 3.18. The molecule has 1 aliphatic rings. The van der Waals surface area contributed by atoms with Crippen LogP contribution in [0.3, 0.4) is 0 Å². The number of benzene rings is 2. The van der Waals surface area contributed by atoms with Gasteiger partial charge in [-0.15, -0.1) is 0 Å². The van der Waals surface area contributed by atoms with Crippen molar-refractivity contribution >= 4 is 17.5 Å². The number of nitrogens with zero attached hydrogens (tertiary/aromatic N) is 4. The molecular formula is C22H24N6O2. The summed E-state index contributed by atoms with van der Waals surface area (Å²) < 4.78 is 7.45. The number of carbonyl (C=O) groups excluding carboxylic acids is 1. The van der Waals surface area contributed by atoms with Gasteiger partial charge in [-0.2, -0.15) is 4.68 Å². The van der Waals surface area contributed by atoms with E-state index in [-0.39, 0.29) is 5.91 Å². The molecule has 0 fully saturated rings. The number of carbonyl (C=O) groups is 1. The highest BCUT2D eigenvalue weighted by molar-refractivity contribution is 6.06. The molecule has 0 radical (unpaired) electrons. The van der Waals surface area contributed by atoms with E-state index in [0.29, 0.717) is 29.6 Å². The van der Waals surface area contributed by atoms with Gasteiger partial charge in [-0.1, -0.05) is 41.0 Å². The molecule has 0 spiro atoms. The lowest BCUT2D eigenvalue weighted by Crippen LogP contribution is -2.32. The molecule has 0 saturated heterocycles. The van der Waals surface area contributed by atoms with E-state index in [2.05, 4.69) is 26.2 Å². The van der Waals surface area contributed by atoms with Crippen LogP contribution in [0.5, 0.6) is 5.75 Å². The van der Waals surface area contributed by atoms with Crippen molar-refractivity contribution in [2.45, 2.75) is 33.7 Å². The molecule has 1 amide bonds. The molecule has 4 rings (SSSR count). The number of fused-ring (bicyclic) bond motifs is 1. The van der Waals surface area contributed by atoms with Gasteiger partial charge >= 0.3 is 0 Å². The number of ether oxygens (including phenoxy) is 1. The van der Waals surface area contributed by atoms with Gasteiger partial charge in [0, 0.05) is 16.9 Å². The molecule has 2 N–H and O–H groups in total. The number of anilines is 2. The van der Waals surface area contributed by atoms with E-state index < -0.39 is 6.04 Å². The summed E-state index contributed by atoms with van der Waals surface area (Å²) in [6.07, 6.45) is 0. The quantitative estimate of drug-likeness (QED) is 0.675. The Morgan fingerprint density at radius 3 is 2.77 bits per heavy atom. The Morgan fingerprint density at radius 1 is 1.20 bits per heavy atom. The van der Waals surface area contributed by atoms with Crippen LogP contribution >= 0.6 is 0 Å². The Hall–Kier alpha value is -3.68. The lowest BCUT2D eigenvalue weighted by Gasteiger charge is -2.29. The number of tetrazole rings is 1. The standard InChI is InChI=1S/C22H24N6O2/c1-5-30-18-9-7-6-8-16(18)20-19(15(4)23-22-25-26-27-28(20)22)21(29)24-17-11-10-13(2)12-14(17)3/h6-12,20H,5H2,1-4H3,(H,24,29)(H,23,25,27). The van der Waals surface area contributed by atoms with Crippen LogP contribution < -0.4 is 15.4 Å². The van der Waals surface area contributed by atoms with E-state index >= 15 is 0 Å². The number of nitrogens with one attached hydrogen (secondary N) is 2. The molecule has 2 heterocycles. The smallest absolute Gasteiger partial charge is 0.255 e. The highest BCUT2D eigenvalue weighted by atomic mass is 16.5. The number of hydrogen-bond acceptors (Lipinski definition) is 6. The summed E-state index contributed by atoms with van der Waals surface area (Å²) in [4.78, 5) is 13.5. The molecular weight excluding hydrogens is 380 g/mol. The first-order chi connectivity index (χ1) is 14.5. The van der Waals surface area contributed by atoms with E-state index in [0.717, 1.165) is 22.4 Å². The van der Waals surface area contributed by atoms with E-state index in [9.17, 15) is 4.79 Å². The molecule has 154 valence electrons. The molecule has 0 bridgehead atoms. The molecule has 1 atom stereocenters. The number of aromatic nitrogens is 4. The Bertz CT molecular complexity index is 1130. The third-order valence-electron chi connectivity index (χ3n) is 5.10. The average molecular weight is 404 g/mol. The van der Waals surface area contributed by atoms with Gasteiger partial charge in [-0.25, -0.2) is 0 Å². The summed E-state index contributed by atoms with van der Waals surface area (Å²) >= 11 is 0. The van der Waals surface area contributed by atoms with Crippen LogP contribution in [0, 0.1) is 13.8 Å². The fourth-order valence-corrected chi connectivity index (χ4v) is 3.73. The lowest BCUT2D eigenvalue weighted by molar-refractivity contribution is -0.113. The Labute approximate surface area is 174 Å². The summed E-state index contributed by atoms with van der Waals surface area (Å²) in [5.74, 6) is 0.953. The third-order valence-corrected chi connectivity index (χ3v) is 5.10. The van der Waals surface area contributed by atoms with Gasteiger partial charge in [0.05, 0.1) is 12.2 Å². The zero-order valence-corrected chi connectivity index (χ0v) is 17.4. The van der Waals surface area contributed by atoms with Crippen molar-refractivity contribution in [1.82, 2.24) is 20.2 Å². The van der Waals surface area contributed by atoms with E-state index in [1.54, 1.807) is 4.68 Å². The van der Waals surface area contributed by atoms with Crippen LogP contribution in [0.4, 0.5) is 11.6 Å². The maximum atomic E-state index is 13.5. The second-order valence-corrected chi connectivity index (χ2v) is 7.26. The van der Waals surface area contributed by atoms with Crippen molar-refractivity contribution < 1.29 is 9.53 Å². The number of amides is 1. The zero-order chi connectivity index (χ0) is 21.3. The molecule has 1 aliphatic heterocycles. The summed E-state index contributed by atoms with van der Waals surface area (Å²) in [7, 11) is 0. The second kappa shape index (κ2) is 7.98. The van der Waals surface area contributed by atoms with Crippen molar-refractivity contribution in [2.24, 2.45) is 0 Å². The predicted molar refractivity (Wildman–Crippen MR) is 114 cm³/mol. The van der Waals surface area contributed by atoms with Crippen molar-refractivity contribution in [3.63, 3.8) is 0 Å². The minimum atomic E-state index is -0.523. The van der Waals surface area contributed by atoms with Crippen LogP contribution in [0.15, 0.2) is 53.7 Å². The van der Waals surface area contributed by atoms with Gasteiger partial charge in [-0.05, 0) is 55.8 Å². The number of allylic oxidation sites excluding steroid dienone is 1. The molecule has 8 nitrogen and oxygen atoms in total. The number of para-hydroxylation sites is 1. The van der Waals surface area contributed by atoms with Gasteiger partial charge in [0.15, 0.2) is 0 Å². The normalized spacial score (nSPS) is 15.4. The highest BCUT2D eigenvalue weighted by Gasteiger charge is 2.35. The number of rotatable bonds is 5. The number of hydrogen-bond donors (Lipinski definition) is 2. The zero-order valence-electron chi connectivity index (χ0n) is 17.4. The number of aryl methyl sites for hydroxylation is 2. The van der Waals surface area contributed by atoms with Crippen LogP contribution in [0.2, 0.25) is 0 Å². The lowest BCUT2D eigenvalue weighted by atomic mass is 9.94. The summed E-state index contributed by atoms with van der Waals surface area (Å²) in [6, 6.07) is 13.1. The van der Waals surface area contributed by atoms with Gasteiger partial charge in [-0.3, -0.25) is 4.79 Å². The first-order valence-corrected chi connectivity index (χ1v) is 9.85. The fraction of sp³-hybridized carbons (Fsp3) is 0.273. The predicted octanol–water partition coefficient (Wildman–Crippen LogP) is 3.62. The van der Waals surface area contributed by atoms with Crippen LogP contribution in [-0.4, -0.2) is 32.7 Å². The van der Waals surface area contributed by atoms with E-state index in [4.69, 9.17) is 4.74 Å². The largest absolute Gasteiger partial charge is 0.494 e. The molecule has 1 unspecified atom stereocenters. The Kier molecular flexibility index (Phi) is 5.22. The minimum Gasteiger partial charge on any atom is -0.494 e. The summed E-state index contributed by atoms with van der Waals surface area (Å²) in [6.45, 7) is 8.29. The van der Waals surface area contributed by atoms with E-state index in [1.807, 2.05) is 70.2 Å². The molecule has 3 aromatic rings. The molecule has 30 heavy (non-hydrogen) atoms. The highest BCUT2D eigenvalue weighted by Crippen LogP contribution is 2.39. The van der Waals surface area contributed by atoms with Crippen LogP contribution in [0.1, 0.15) is 36.6 Å². The SMILES string of the molecule is CCOc1ccccc1C1C(C(=O)Nc2ccc(C)cc2C)=C(C)Nc2nnnn21. The van der Waals surface area contributed by atoms with Crippen molar-refractivity contribution in [2.75, 3.05) is 17.2 Å². The Morgan fingerprint density at radius 2 is 2.00 bits per heavy atom. The Balaban J connectivity index is 1.79. The molecule has 1 aromatic heterocycles. The van der Waals surface area contributed by atoms with Crippen molar-refractivity contribution in [1.29, 1.82) is 0 Å². The van der Waals surface area contributed by atoms with Crippen LogP contribution in [0.25, 0.3) is 0 Å². The first-order valence-electron chi connectivity index (χ1n) is 9.85. The molecule has 8 heteroatoms. The van der Waals surface area contributed by atoms with E-state index in [1.165, 1.54) is 0 Å². The summed E-state index contributed by atoms with van der Waals surface area (Å²) in [5.41, 5.74) is 4.95. The topological polar surface area (TPSA) is 94.0 Å². The molecule has 2 aromatic carbocycles.